The van der Waals surface area contributed by atoms with Crippen molar-refractivity contribution in [1.29, 1.82) is 0 Å². The average molecular weight is 176 g/mol. The second-order valence-corrected chi connectivity index (χ2v) is 2.66. The zero-order valence-corrected chi connectivity index (χ0v) is 7.10. The molecule has 0 saturated heterocycles. The third kappa shape index (κ3) is 1.51. The van der Waals surface area contributed by atoms with E-state index in [9.17, 15) is 4.79 Å². The lowest BCUT2D eigenvalue weighted by Gasteiger charge is -2.00. The zero-order chi connectivity index (χ0) is 9.26. The highest BCUT2D eigenvalue weighted by Gasteiger charge is 1.99. The molecule has 0 atom stereocenters. The molecule has 0 aliphatic carbocycles. The van der Waals surface area contributed by atoms with Crippen molar-refractivity contribution >= 4 is 11.5 Å². The van der Waals surface area contributed by atoms with E-state index in [1.807, 2.05) is 6.07 Å². The first-order valence-corrected chi connectivity index (χ1v) is 3.87. The molecule has 0 aliphatic rings. The molecule has 0 amide bonds. The number of esters is 1. The molecule has 0 radical (unpaired) electrons. The minimum absolute atomic E-state index is 0.316. The van der Waals surface area contributed by atoms with Crippen LogP contribution in [-0.4, -0.2) is 15.6 Å². The fraction of sp³-hybridized carbons (Fsp3) is 0.111. The Labute approximate surface area is 74.7 Å². The van der Waals surface area contributed by atoms with Crippen molar-refractivity contribution < 1.29 is 9.53 Å². The normalized spacial score (nSPS) is 10.2. The molecule has 0 N–H and O–H groups in total. The number of carbonyl (C=O) groups excluding carboxylic acids is 1. The summed E-state index contributed by atoms with van der Waals surface area (Å²) in [6.07, 6.45) is 3.43. The molecule has 0 aromatic carbocycles. The fourth-order valence-electron chi connectivity index (χ4n) is 1.13. The smallest absolute Gasteiger partial charge is 0.308 e. The number of fused-ring (bicyclic) bond motifs is 1. The molecule has 13 heavy (non-hydrogen) atoms. The second-order valence-electron chi connectivity index (χ2n) is 2.66. The van der Waals surface area contributed by atoms with Crippen LogP contribution in [0.25, 0.3) is 5.52 Å². The van der Waals surface area contributed by atoms with Crippen LogP contribution in [-0.2, 0) is 4.79 Å². The van der Waals surface area contributed by atoms with E-state index < -0.39 is 0 Å². The molecule has 2 aromatic rings. The molecule has 0 bridgehead atoms. The van der Waals surface area contributed by atoms with Crippen LogP contribution in [0.1, 0.15) is 6.92 Å². The summed E-state index contributed by atoms with van der Waals surface area (Å²) in [7, 11) is 0. The van der Waals surface area contributed by atoms with Crippen molar-refractivity contribution in [3.8, 4) is 5.75 Å². The Bertz CT molecular complexity index is 448. The van der Waals surface area contributed by atoms with Crippen LogP contribution in [0.2, 0.25) is 0 Å². The molecule has 66 valence electrons. The van der Waals surface area contributed by atoms with Crippen molar-refractivity contribution in [2.75, 3.05) is 0 Å². The van der Waals surface area contributed by atoms with E-state index in [0.717, 1.165) is 5.52 Å². The molecule has 4 heteroatoms. The van der Waals surface area contributed by atoms with Crippen LogP contribution in [0.3, 0.4) is 0 Å². The van der Waals surface area contributed by atoms with Gasteiger partial charge in [-0.2, -0.15) is 5.10 Å². The fourth-order valence-corrected chi connectivity index (χ4v) is 1.13. The quantitative estimate of drug-likeness (QED) is 0.614. The maximum Gasteiger partial charge on any atom is 0.308 e. The number of nitrogens with zero attached hydrogens (tertiary/aromatic N) is 2. The van der Waals surface area contributed by atoms with Crippen molar-refractivity contribution in [2.24, 2.45) is 0 Å². The first-order valence-electron chi connectivity index (χ1n) is 3.87. The minimum Gasteiger partial charge on any atom is -0.427 e. The summed E-state index contributed by atoms with van der Waals surface area (Å²) in [6, 6.07) is 5.29. The van der Waals surface area contributed by atoms with Crippen molar-refractivity contribution in [3.05, 3.63) is 30.6 Å². The number of carbonyl (C=O) groups is 1. The van der Waals surface area contributed by atoms with E-state index in [0.29, 0.717) is 5.75 Å². The predicted octanol–water partition coefficient (Wildman–Crippen LogP) is 1.26. The number of aromatic nitrogens is 2. The maximum atomic E-state index is 10.6. The average Bonchev–Trinajstić information content (AvgIpc) is 2.49. The van der Waals surface area contributed by atoms with Gasteiger partial charge in [-0.15, -0.1) is 0 Å². The highest BCUT2D eigenvalue weighted by molar-refractivity contribution is 5.69. The topological polar surface area (TPSA) is 43.6 Å². The molecular weight excluding hydrogens is 168 g/mol. The minimum atomic E-state index is -0.316. The monoisotopic (exact) mass is 176 g/mol. The van der Waals surface area contributed by atoms with Gasteiger partial charge in [-0.25, -0.2) is 4.52 Å². The Hall–Kier alpha value is -1.84. The molecule has 2 heterocycles. The lowest BCUT2D eigenvalue weighted by Crippen LogP contribution is -2.01. The third-order valence-electron chi connectivity index (χ3n) is 1.63. The Morgan fingerprint density at radius 1 is 1.54 bits per heavy atom. The number of hydrogen-bond donors (Lipinski definition) is 0. The van der Waals surface area contributed by atoms with E-state index >= 15 is 0 Å². The van der Waals surface area contributed by atoms with Crippen LogP contribution < -0.4 is 4.74 Å². The van der Waals surface area contributed by atoms with Crippen molar-refractivity contribution in [2.45, 2.75) is 6.92 Å². The van der Waals surface area contributed by atoms with E-state index in [4.69, 9.17) is 4.74 Å². The SMILES string of the molecule is CC(=O)Oc1ccn2nccc2c1. The highest BCUT2D eigenvalue weighted by Crippen LogP contribution is 2.13. The molecule has 0 spiro atoms. The Morgan fingerprint density at radius 3 is 3.15 bits per heavy atom. The number of hydrogen-bond acceptors (Lipinski definition) is 3. The maximum absolute atomic E-state index is 10.6. The van der Waals surface area contributed by atoms with Gasteiger partial charge in [0.1, 0.15) is 5.75 Å². The Kier molecular flexibility index (Phi) is 1.73. The van der Waals surface area contributed by atoms with E-state index in [1.165, 1.54) is 6.92 Å². The molecule has 2 rings (SSSR count). The number of pyridine rings is 1. The lowest BCUT2D eigenvalue weighted by molar-refractivity contribution is -0.131. The summed E-state index contributed by atoms with van der Waals surface area (Å²) < 4.78 is 6.61. The Morgan fingerprint density at radius 2 is 2.38 bits per heavy atom. The van der Waals surface area contributed by atoms with Gasteiger partial charge in [0, 0.05) is 25.4 Å². The van der Waals surface area contributed by atoms with Crippen LogP contribution in [0, 0.1) is 0 Å². The summed E-state index contributed by atoms with van der Waals surface area (Å²) >= 11 is 0. The van der Waals surface area contributed by atoms with E-state index in [2.05, 4.69) is 5.10 Å². The van der Waals surface area contributed by atoms with Crippen molar-refractivity contribution in [3.63, 3.8) is 0 Å². The van der Waals surface area contributed by atoms with E-state index in [-0.39, 0.29) is 5.97 Å². The van der Waals surface area contributed by atoms with Gasteiger partial charge in [-0.05, 0) is 12.1 Å². The first kappa shape index (κ1) is 7.79. The predicted molar refractivity (Wildman–Crippen MR) is 46.5 cm³/mol. The summed E-state index contributed by atoms with van der Waals surface area (Å²) in [4.78, 5) is 10.6. The van der Waals surface area contributed by atoms with Crippen LogP contribution in [0.15, 0.2) is 30.6 Å². The summed E-state index contributed by atoms with van der Waals surface area (Å²) in [6.45, 7) is 1.38. The molecule has 0 fully saturated rings. The molecule has 0 saturated carbocycles. The van der Waals surface area contributed by atoms with Gasteiger partial charge in [0.15, 0.2) is 0 Å². The largest absolute Gasteiger partial charge is 0.427 e. The van der Waals surface area contributed by atoms with Crippen molar-refractivity contribution in [1.82, 2.24) is 9.61 Å². The summed E-state index contributed by atoms with van der Waals surface area (Å²) in [5.74, 6) is 0.226. The Balaban J connectivity index is 2.42. The molecule has 0 unspecified atom stereocenters. The first-order chi connectivity index (χ1) is 6.25. The third-order valence-corrected chi connectivity index (χ3v) is 1.63. The van der Waals surface area contributed by atoms with Gasteiger partial charge in [0.2, 0.25) is 0 Å². The van der Waals surface area contributed by atoms with Gasteiger partial charge in [-0.3, -0.25) is 4.79 Å². The van der Waals surface area contributed by atoms with E-state index in [1.54, 1.807) is 29.0 Å². The molecular formula is C9H8N2O2. The molecule has 4 nitrogen and oxygen atoms in total. The van der Waals surface area contributed by atoms with Gasteiger partial charge >= 0.3 is 5.97 Å². The molecule has 2 aromatic heterocycles. The van der Waals surface area contributed by atoms with Gasteiger partial charge in [0.05, 0.1) is 5.52 Å². The number of rotatable bonds is 1. The number of ether oxygens (including phenoxy) is 1. The van der Waals surface area contributed by atoms with Crippen LogP contribution in [0.5, 0.6) is 5.75 Å². The van der Waals surface area contributed by atoms with Crippen LogP contribution >= 0.6 is 0 Å². The van der Waals surface area contributed by atoms with Gasteiger partial charge < -0.3 is 4.74 Å². The zero-order valence-electron chi connectivity index (χ0n) is 7.10. The summed E-state index contributed by atoms with van der Waals surface area (Å²) in [5, 5.41) is 4.02. The van der Waals surface area contributed by atoms with Gasteiger partial charge in [0.25, 0.3) is 0 Å². The summed E-state index contributed by atoms with van der Waals surface area (Å²) in [5.41, 5.74) is 0.902. The van der Waals surface area contributed by atoms with Gasteiger partial charge in [-0.1, -0.05) is 0 Å². The standard InChI is InChI=1S/C9H8N2O2/c1-7(12)13-9-3-5-11-8(6-9)2-4-10-11/h2-6H,1H3. The lowest BCUT2D eigenvalue weighted by atomic mass is 10.4. The molecule has 0 aliphatic heterocycles. The van der Waals surface area contributed by atoms with Crippen LogP contribution in [0.4, 0.5) is 0 Å². The second kappa shape index (κ2) is 2.90. The highest BCUT2D eigenvalue weighted by atomic mass is 16.5.